The van der Waals surface area contributed by atoms with E-state index < -0.39 is 0 Å². The van der Waals surface area contributed by atoms with Gasteiger partial charge in [0.25, 0.3) is 0 Å². The molecule has 0 atom stereocenters. The summed E-state index contributed by atoms with van der Waals surface area (Å²) in [6, 6.07) is 8.38. The van der Waals surface area contributed by atoms with Gasteiger partial charge in [0.2, 0.25) is 5.91 Å². The summed E-state index contributed by atoms with van der Waals surface area (Å²) in [5, 5.41) is 0. The average molecular weight is 382 g/mol. The Labute approximate surface area is 165 Å². The summed E-state index contributed by atoms with van der Waals surface area (Å²) in [5.74, 6) is 0.710. The molecule has 2 aliphatic rings. The maximum atomic E-state index is 14.5. The van der Waals surface area contributed by atoms with Gasteiger partial charge in [0.1, 0.15) is 6.33 Å². The van der Waals surface area contributed by atoms with E-state index in [4.69, 9.17) is 0 Å². The van der Waals surface area contributed by atoms with E-state index in [1.165, 1.54) is 17.5 Å². The first-order chi connectivity index (χ1) is 13.7. The first-order valence-electron chi connectivity index (χ1n) is 10.2. The largest absolute Gasteiger partial charge is 0.354 e. The number of halogens is 1. The van der Waals surface area contributed by atoms with Gasteiger partial charge < -0.3 is 9.80 Å². The number of anilines is 1. The molecule has 0 radical (unpaired) electrons. The highest BCUT2D eigenvalue weighted by Gasteiger charge is 2.27. The van der Waals surface area contributed by atoms with Crippen molar-refractivity contribution < 1.29 is 9.18 Å². The van der Waals surface area contributed by atoms with Crippen LogP contribution in [0.3, 0.4) is 0 Å². The Morgan fingerprint density at radius 1 is 1.14 bits per heavy atom. The molecule has 0 unspecified atom stereocenters. The van der Waals surface area contributed by atoms with E-state index in [1.807, 2.05) is 22.8 Å². The fourth-order valence-corrected chi connectivity index (χ4v) is 4.30. The maximum Gasteiger partial charge on any atom is 0.223 e. The van der Waals surface area contributed by atoms with Gasteiger partial charge in [0.15, 0.2) is 11.6 Å². The molecule has 1 amide bonds. The highest BCUT2D eigenvalue weighted by atomic mass is 19.1. The minimum absolute atomic E-state index is 0.245. The van der Waals surface area contributed by atoms with Gasteiger partial charge in [-0.2, -0.15) is 0 Å². The van der Waals surface area contributed by atoms with Crippen molar-refractivity contribution in [1.82, 2.24) is 14.9 Å². The molecule has 1 aromatic heterocycles. The molecule has 0 N–H and O–H groups in total. The third-order valence-electron chi connectivity index (χ3n) is 6.04. The predicted molar refractivity (Wildman–Crippen MR) is 106 cm³/mol. The van der Waals surface area contributed by atoms with E-state index in [-0.39, 0.29) is 11.7 Å². The summed E-state index contributed by atoms with van der Waals surface area (Å²) in [6.07, 6.45) is 5.31. The number of amides is 1. The van der Waals surface area contributed by atoms with Crippen LogP contribution in [0.15, 0.2) is 30.6 Å². The zero-order chi connectivity index (χ0) is 19.5. The number of fused-ring (bicyclic) bond motifs is 1. The topological polar surface area (TPSA) is 49.3 Å². The molecule has 6 heteroatoms. The van der Waals surface area contributed by atoms with Gasteiger partial charge in [-0.3, -0.25) is 4.79 Å². The van der Waals surface area contributed by atoms with Crippen molar-refractivity contribution in [2.45, 2.75) is 45.6 Å². The standard InChI is InChI=1S/C22H27FN4O/c1-2-19-21(23)22(25-15-24-19)26-10-7-16(8-11-26)13-20(28)27-12-9-17-5-3-4-6-18(17)14-27/h3-6,15-16H,2,7-14H2,1H3. The minimum atomic E-state index is -0.300. The highest BCUT2D eigenvalue weighted by molar-refractivity contribution is 5.76. The number of piperidine rings is 1. The lowest BCUT2D eigenvalue weighted by Crippen LogP contribution is -2.39. The second-order valence-corrected chi connectivity index (χ2v) is 7.78. The number of nitrogens with zero attached hydrogens (tertiary/aromatic N) is 4. The van der Waals surface area contributed by atoms with Crippen LogP contribution < -0.4 is 4.90 Å². The Hall–Kier alpha value is -2.50. The molecule has 0 saturated carbocycles. The Morgan fingerprint density at radius 2 is 1.89 bits per heavy atom. The molecule has 2 aliphatic heterocycles. The van der Waals surface area contributed by atoms with E-state index in [2.05, 4.69) is 28.2 Å². The second-order valence-electron chi connectivity index (χ2n) is 7.78. The quantitative estimate of drug-likeness (QED) is 0.814. The van der Waals surface area contributed by atoms with Crippen LogP contribution in [-0.4, -0.2) is 40.4 Å². The van der Waals surface area contributed by atoms with Crippen LogP contribution in [0.4, 0.5) is 10.2 Å². The Bertz CT molecular complexity index is 848. The van der Waals surface area contributed by atoms with Gasteiger partial charge in [-0.15, -0.1) is 0 Å². The lowest BCUT2D eigenvalue weighted by molar-refractivity contribution is -0.133. The van der Waals surface area contributed by atoms with Gasteiger partial charge in [-0.05, 0) is 42.7 Å². The lowest BCUT2D eigenvalue weighted by Gasteiger charge is -2.34. The maximum absolute atomic E-state index is 14.5. The highest BCUT2D eigenvalue weighted by Crippen LogP contribution is 2.28. The predicted octanol–water partition coefficient (Wildman–Crippen LogP) is 3.37. The van der Waals surface area contributed by atoms with Crippen LogP contribution >= 0.6 is 0 Å². The molecule has 0 aliphatic carbocycles. The molecule has 4 rings (SSSR count). The SMILES string of the molecule is CCc1ncnc(N2CCC(CC(=O)N3CCc4ccccc4C3)CC2)c1F. The summed E-state index contributed by atoms with van der Waals surface area (Å²) in [7, 11) is 0. The number of hydrogen-bond acceptors (Lipinski definition) is 4. The summed E-state index contributed by atoms with van der Waals surface area (Å²) >= 11 is 0. The van der Waals surface area contributed by atoms with Crippen LogP contribution in [0.1, 0.15) is 43.0 Å². The van der Waals surface area contributed by atoms with Crippen molar-refractivity contribution in [1.29, 1.82) is 0 Å². The number of benzene rings is 1. The van der Waals surface area contributed by atoms with Gasteiger partial charge in [-0.1, -0.05) is 31.2 Å². The second kappa shape index (κ2) is 8.25. The average Bonchev–Trinajstić information content (AvgIpc) is 2.74. The molecular formula is C22H27FN4O. The Balaban J connectivity index is 1.32. The van der Waals surface area contributed by atoms with Gasteiger partial charge in [-0.25, -0.2) is 14.4 Å². The van der Waals surface area contributed by atoms with E-state index in [9.17, 15) is 9.18 Å². The summed E-state index contributed by atoms with van der Waals surface area (Å²) in [5.41, 5.74) is 3.09. The zero-order valence-corrected chi connectivity index (χ0v) is 16.4. The Morgan fingerprint density at radius 3 is 2.64 bits per heavy atom. The van der Waals surface area contributed by atoms with Crippen molar-refractivity contribution >= 4 is 11.7 Å². The molecule has 148 valence electrons. The monoisotopic (exact) mass is 382 g/mol. The molecule has 28 heavy (non-hydrogen) atoms. The zero-order valence-electron chi connectivity index (χ0n) is 16.4. The minimum Gasteiger partial charge on any atom is -0.354 e. The number of hydrogen-bond donors (Lipinski definition) is 0. The Kier molecular flexibility index (Phi) is 5.55. The van der Waals surface area contributed by atoms with Crippen LogP contribution in [0.5, 0.6) is 0 Å². The summed E-state index contributed by atoms with van der Waals surface area (Å²) < 4.78 is 14.5. The van der Waals surface area contributed by atoms with Crippen molar-refractivity contribution in [2.75, 3.05) is 24.5 Å². The molecule has 0 spiro atoms. The summed E-state index contributed by atoms with van der Waals surface area (Å²) in [6.45, 7) is 4.89. The first kappa shape index (κ1) is 18.8. The number of carbonyl (C=O) groups excluding carboxylic acids is 1. The van der Waals surface area contributed by atoms with E-state index in [0.29, 0.717) is 30.3 Å². The third-order valence-corrected chi connectivity index (χ3v) is 6.04. The molecule has 2 aromatic rings. The van der Waals surface area contributed by atoms with Gasteiger partial charge in [0.05, 0.1) is 5.69 Å². The van der Waals surface area contributed by atoms with Crippen molar-refractivity contribution in [3.8, 4) is 0 Å². The van der Waals surface area contributed by atoms with Crippen LogP contribution in [0.25, 0.3) is 0 Å². The normalized spacial score (nSPS) is 17.5. The van der Waals surface area contributed by atoms with Crippen molar-refractivity contribution in [3.05, 3.63) is 53.2 Å². The van der Waals surface area contributed by atoms with Gasteiger partial charge in [0, 0.05) is 32.6 Å². The molecule has 0 bridgehead atoms. The number of aromatic nitrogens is 2. The van der Waals surface area contributed by atoms with Crippen LogP contribution in [-0.2, 0) is 24.2 Å². The molecule has 1 saturated heterocycles. The van der Waals surface area contributed by atoms with E-state index in [0.717, 1.165) is 45.4 Å². The fraction of sp³-hybridized carbons (Fsp3) is 0.500. The molecular weight excluding hydrogens is 355 g/mol. The molecule has 1 aromatic carbocycles. The molecule has 1 fully saturated rings. The van der Waals surface area contributed by atoms with E-state index >= 15 is 0 Å². The molecule has 3 heterocycles. The van der Waals surface area contributed by atoms with Gasteiger partial charge >= 0.3 is 0 Å². The van der Waals surface area contributed by atoms with Crippen molar-refractivity contribution in [3.63, 3.8) is 0 Å². The van der Waals surface area contributed by atoms with Crippen molar-refractivity contribution in [2.24, 2.45) is 5.92 Å². The number of aryl methyl sites for hydroxylation is 1. The number of rotatable bonds is 4. The lowest BCUT2D eigenvalue weighted by atomic mass is 9.92. The van der Waals surface area contributed by atoms with Crippen LogP contribution in [0.2, 0.25) is 0 Å². The van der Waals surface area contributed by atoms with Crippen LogP contribution in [0, 0.1) is 11.7 Å². The smallest absolute Gasteiger partial charge is 0.223 e. The first-order valence-corrected chi connectivity index (χ1v) is 10.2. The fourth-order valence-electron chi connectivity index (χ4n) is 4.30. The molecule has 5 nitrogen and oxygen atoms in total. The summed E-state index contributed by atoms with van der Waals surface area (Å²) in [4.78, 5) is 25.0. The van der Waals surface area contributed by atoms with E-state index in [1.54, 1.807) is 0 Å². The third kappa shape index (κ3) is 3.86. The number of carbonyl (C=O) groups is 1.